The average molecular weight is 330 g/mol. The summed E-state index contributed by atoms with van der Waals surface area (Å²) in [6, 6.07) is 3.38. The lowest BCUT2D eigenvalue weighted by Crippen LogP contribution is -2.49. The van der Waals surface area contributed by atoms with Gasteiger partial charge >= 0.3 is 0 Å². The first-order valence-electron chi connectivity index (χ1n) is 8.27. The molecule has 1 N–H and O–H groups in total. The molecule has 0 bridgehead atoms. The van der Waals surface area contributed by atoms with Gasteiger partial charge in [-0.05, 0) is 25.5 Å². The van der Waals surface area contributed by atoms with Gasteiger partial charge in [-0.2, -0.15) is 0 Å². The molecule has 0 spiro atoms. The van der Waals surface area contributed by atoms with Gasteiger partial charge < -0.3 is 14.2 Å². The largest absolute Gasteiger partial charge is 0.459 e. The minimum absolute atomic E-state index is 0.0616. The van der Waals surface area contributed by atoms with Crippen molar-refractivity contribution < 1.29 is 9.21 Å². The van der Waals surface area contributed by atoms with Gasteiger partial charge in [-0.3, -0.25) is 14.6 Å². The number of hydrogen-bond acceptors (Lipinski definition) is 5. The Bertz CT molecular complexity index is 759. The molecule has 0 atom stereocenters. The molecular formula is C17H22N4O3. The van der Waals surface area contributed by atoms with E-state index in [0.717, 1.165) is 24.1 Å². The molecule has 0 unspecified atom stereocenters. The zero-order valence-corrected chi connectivity index (χ0v) is 14.0. The monoisotopic (exact) mass is 330 g/mol. The van der Waals surface area contributed by atoms with Crippen LogP contribution in [0.1, 0.15) is 35.2 Å². The Morgan fingerprint density at radius 2 is 2.08 bits per heavy atom. The van der Waals surface area contributed by atoms with Gasteiger partial charge in [0.05, 0.1) is 6.26 Å². The van der Waals surface area contributed by atoms with E-state index >= 15 is 0 Å². The standard InChI is InChI=1S/C17H22N4O3/c1-3-5-13-12(2)18-17(19-15(13)22)21-9-7-20(8-10-21)16(23)14-6-4-11-24-14/h4,6,11H,3,5,7-10H2,1-2H3,(H,18,19,22). The molecule has 128 valence electrons. The fourth-order valence-electron chi connectivity index (χ4n) is 2.97. The van der Waals surface area contributed by atoms with E-state index in [1.807, 2.05) is 18.7 Å². The molecule has 1 aliphatic rings. The molecule has 24 heavy (non-hydrogen) atoms. The maximum atomic E-state index is 12.3. The molecule has 3 rings (SSSR count). The highest BCUT2D eigenvalue weighted by Gasteiger charge is 2.25. The van der Waals surface area contributed by atoms with E-state index in [2.05, 4.69) is 9.97 Å². The quantitative estimate of drug-likeness (QED) is 0.920. The van der Waals surface area contributed by atoms with Crippen molar-refractivity contribution in [1.29, 1.82) is 0 Å². The molecule has 0 radical (unpaired) electrons. The number of hydrogen-bond donors (Lipinski definition) is 1. The number of rotatable bonds is 4. The van der Waals surface area contributed by atoms with Crippen LogP contribution in [0.5, 0.6) is 0 Å². The molecular weight excluding hydrogens is 308 g/mol. The van der Waals surface area contributed by atoms with Crippen molar-refractivity contribution in [2.45, 2.75) is 26.7 Å². The smallest absolute Gasteiger partial charge is 0.289 e. The second kappa shape index (κ2) is 6.90. The van der Waals surface area contributed by atoms with Crippen LogP contribution in [0.3, 0.4) is 0 Å². The van der Waals surface area contributed by atoms with Crippen molar-refractivity contribution in [1.82, 2.24) is 14.9 Å². The van der Waals surface area contributed by atoms with E-state index in [-0.39, 0.29) is 11.5 Å². The first-order chi connectivity index (χ1) is 11.6. The Morgan fingerprint density at radius 3 is 2.67 bits per heavy atom. The highest BCUT2D eigenvalue weighted by molar-refractivity contribution is 5.91. The first kappa shape index (κ1) is 16.3. The summed E-state index contributed by atoms with van der Waals surface area (Å²) in [6.07, 6.45) is 3.15. The third-order valence-corrected chi connectivity index (χ3v) is 4.31. The van der Waals surface area contributed by atoms with E-state index < -0.39 is 0 Å². The van der Waals surface area contributed by atoms with Crippen LogP contribution >= 0.6 is 0 Å². The summed E-state index contributed by atoms with van der Waals surface area (Å²) in [6.45, 7) is 6.31. The van der Waals surface area contributed by atoms with E-state index in [9.17, 15) is 9.59 Å². The van der Waals surface area contributed by atoms with Crippen molar-refractivity contribution in [3.8, 4) is 0 Å². The third kappa shape index (κ3) is 3.20. The van der Waals surface area contributed by atoms with E-state index in [4.69, 9.17) is 4.42 Å². The second-order valence-corrected chi connectivity index (χ2v) is 5.96. The van der Waals surface area contributed by atoms with Gasteiger partial charge in [0.15, 0.2) is 5.76 Å². The van der Waals surface area contributed by atoms with Gasteiger partial charge in [-0.15, -0.1) is 0 Å². The number of carbonyl (C=O) groups excluding carboxylic acids is 1. The summed E-state index contributed by atoms with van der Waals surface area (Å²) in [5.74, 6) is 0.841. The zero-order valence-electron chi connectivity index (χ0n) is 14.0. The predicted octanol–water partition coefficient (Wildman–Crippen LogP) is 1.59. The van der Waals surface area contributed by atoms with Crippen molar-refractivity contribution in [3.63, 3.8) is 0 Å². The number of nitrogens with one attached hydrogen (secondary N) is 1. The van der Waals surface area contributed by atoms with E-state index in [0.29, 0.717) is 37.9 Å². The molecule has 1 saturated heterocycles. The maximum Gasteiger partial charge on any atom is 0.289 e. The van der Waals surface area contributed by atoms with Crippen molar-refractivity contribution in [3.05, 3.63) is 45.8 Å². The number of piperazine rings is 1. The zero-order chi connectivity index (χ0) is 17.1. The lowest BCUT2D eigenvalue weighted by Gasteiger charge is -2.34. The van der Waals surface area contributed by atoms with Gasteiger partial charge in [-0.1, -0.05) is 13.3 Å². The molecule has 0 aromatic carbocycles. The van der Waals surface area contributed by atoms with Crippen molar-refractivity contribution >= 4 is 11.9 Å². The normalized spacial score (nSPS) is 14.9. The number of aromatic amines is 1. The van der Waals surface area contributed by atoms with Crippen molar-refractivity contribution in [2.24, 2.45) is 0 Å². The summed E-state index contributed by atoms with van der Waals surface area (Å²) in [7, 11) is 0. The van der Waals surface area contributed by atoms with Gasteiger partial charge in [0.1, 0.15) is 0 Å². The number of furan rings is 1. The van der Waals surface area contributed by atoms with E-state index in [1.54, 1.807) is 17.0 Å². The number of anilines is 1. The van der Waals surface area contributed by atoms with Crippen LogP contribution in [-0.2, 0) is 6.42 Å². The van der Waals surface area contributed by atoms with Crippen LogP contribution in [-0.4, -0.2) is 47.0 Å². The molecule has 2 aromatic rings. The number of aromatic nitrogens is 2. The van der Waals surface area contributed by atoms with Crippen LogP contribution in [0, 0.1) is 6.92 Å². The van der Waals surface area contributed by atoms with Gasteiger partial charge in [-0.25, -0.2) is 4.98 Å². The Hall–Kier alpha value is -2.57. The third-order valence-electron chi connectivity index (χ3n) is 4.31. The fraction of sp³-hybridized carbons (Fsp3) is 0.471. The highest BCUT2D eigenvalue weighted by atomic mass is 16.3. The van der Waals surface area contributed by atoms with Crippen molar-refractivity contribution in [2.75, 3.05) is 31.1 Å². The summed E-state index contributed by atoms with van der Waals surface area (Å²) < 4.78 is 5.16. The molecule has 0 aliphatic carbocycles. The topological polar surface area (TPSA) is 82.4 Å². The SMILES string of the molecule is CCCc1c(C)nc(N2CCN(C(=O)c3ccco3)CC2)[nH]c1=O. The number of H-pyrrole nitrogens is 1. The molecule has 1 aliphatic heterocycles. The first-order valence-corrected chi connectivity index (χ1v) is 8.27. The summed E-state index contributed by atoms with van der Waals surface area (Å²) in [5.41, 5.74) is 1.48. The molecule has 7 heteroatoms. The number of nitrogens with zero attached hydrogens (tertiary/aromatic N) is 3. The van der Waals surface area contributed by atoms with Crippen LogP contribution in [0.25, 0.3) is 0 Å². The molecule has 1 fully saturated rings. The van der Waals surface area contributed by atoms with Crippen LogP contribution in [0.4, 0.5) is 5.95 Å². The maximum absolute atomic E-state index is 12.3. The molecule has 2 aromatic heterocycles. The summed E-state index contributed by atoms with van der Waals surface area (Å²) >= 11 is 0. The molecule has 7 nitrogen and oxygen atoms in total. The molecule has 3 heterocycles. The molecule has 0 saturated carbocycles. The Kier molecular flexibility index (Phi) is 4.69. The highest BCUT2D eigenvalue weighted by Crippen LogP contribution is 2.14. The van der Waals surface area contributed by atoms with Gasteiger partial charge in [0.2, 0.25) is 5.95 Å². The Labute approximate surface area is 140 Å². The van der Waals surface area contributed by atoms with E-state index in [1.165, 1.54) is 6.26 Å². The van der Waals surface area contributed by atoms with Gasteiger partial charge in [0, 0.05) is 37.4 Å². The van der Waals surface area contributed by atoms with Crippen LogP contribution in [0.15, 0.2) is 27.6 Å². The minimum atomic E-state index is -0.101. The summed E-state index contributed by atoms with van der Waals surface area (Å²) in [4.78, 5) is 35.7. The number of aryl methyl sites for hydroxylation is 1. The van der Waals surface area contributed by atoms with Gasteiger partial charge in [0.25, 0.3) is 11.5 Å². The van der Waals surface area contributed by atoms with Crippen LogP contribution in [0.2, 0.25) is 0 Å². The molecule has 1 amide bonds. The number of amides is 1. The Balaban J connectivity index is 1.69. The second-order valence-electron chi connectivity index (χ2n) is 5.96. The lowest BCUT2D eigenvalue weighted by molar-refractivity contribution is 0.0714. The fourth-order valence-corrected chi connectivity index (χ4v) is 2.97. The predicted molar refractivity (Wildman–Crippen MR) is 90.4 cm³/mol. The minimum Gasteiger partial charge on any atom is -0.459 e. The number of carbonyl (C=O) groups is 1. The summed E-state index contributed by atoms with van der Waals surface area (Å²) in [5, 5.41) is 0. The average Bonchev–Trinajstić information content (AvgIpc) is 3.12. The van der Waals surface area contributed by atoms with Crippen LogP contribution < -0.4 is 10.5 Å². The lowest BCUT2D eigenvalue weighted by atomic mass is 10.1. The Morgan fingerprint density at radius 1 is 1.33 bits per heavy atom.